The van der Waals surface area contributed by atoms with Crippen molar-refractivity contribution in [2.75, 3.05) is 132 Å². The summed E-state index contributed by atoms with van der Waals surface area (Å²) in [7, 11) is 0. The Bertz CT molecular complexity index is 1090. The van der Waals surface area contributed by atoms with Crippen molar-refractivity contribution in [1.82, 2.24) is 0 Å². The molecule has 0 spiro atoms. The monoisotopic (exact) mass is 803 g/mol. The van der Waals surface area contributed by atoms with Gasteiger partial charge in [0.25, 0.3) is 0 Å². The number of esters is 2. The molecule has 0 aromatic heterocycles. The smallest absolute Gasteiger partial charge is 0.325 e. The number of ether oxygens (including phenoxy) is 12. The van der Waals surface area contributed by atoms with Crippen LogP contribution in [0.4, 0.5) is 0 Å². The van der Waals surface area contributed by atoms with Crippen LogP contribution in [0.1, 0.15) is 40.5 Å². The van der Waals surface area contributed by atoms with Crippen LogP contribution >= 0.6 is 11.8 Å². The van der Waals surface area contributed by atoms with Gasteiger partial charge in [0.15, 0.2) is 5.41 Å². The number of nitrogens with two attached hydrogens (primary N) is 1. The fraction of sp³-hybridized carbons (Fsp3) is 0.795. The maximum atomic E-state index is 14.5. The lowest BCUT2D eigenvalue weighted by molar-refractivity contribution is -0.185. The van der Waals surface area contributed by atoms with Gasteiger partial charge >= 0.3 is 11.9 Å². The fourth-order valence-corrected chi connectivity index (χ4v) is 6.79. The lowest BCUT2D eigenvalue weighted by Gasteiger charge is -2.41. The van der Waals surface area contributed by atoms with Gasteiger partial charge in [0, 0.05) is 15.2 Å². The standard InChI is InChI=1S/C39H65NO14S/c1-37(2,55-34-8-6-5-7-9-34)10-11-39(38(3,4)40,35(41)53-30-32-28-49-22-20-45-14-12-43-16-18-47-24-26-51-32)36(42)54-31-33-29-50-23-21-46-15-13-44-17-19-48-25-27-52-33/h5-9,32-33H,10-31,40H2,1-4H3. The summed E-state index contributed by atoms with van der Waals surface area (Å²) in [6.07, 6.45) is -0.825. The summed E-state index contributed by atoms with van der Waals surface area (Å²) in [5, 5.41) is 0. The Balaban J connectivity index is 1.79. The van der Waals surface area contributed by atoms with E-state index in [1.165, 1.54) is 0 Å². The molecule has 2 N–H and O–H groups in total. The van der Waals surface area contributed by atoms with Gasteiger partial charge in [0.1, 0.15) is 25.4 Å². The number of thioether (sulfide) groups is 1. The maximum Gasteiger partial charge on any atom is 0.325 e. The third-order valence-electron chi connectivity index (χ3n) is 8.84. The van der Waals surface area contributed by atoms with E-state index >= 15 is 0 Å². The molecule has 316 valence electrons. The highest BCUT2D eigenvalue weighted by molar-refractivity contribution is 8.00. The van der Waals surface area contributed by atoms with Gasteiger partial charge in [-0.3, -0.25) is 9.59 Å². The Morgan fingerprint density at radius 3 is 1.33 bits per heavy atom. The topological polar surface area (TPSA) is 171 Å². The van der Waals surface area contributed by atoms with Crippen LogP contribution in [0.2, 0.25) is 0 Å². The molecule has 3 rings (SSSR count). The SMILES string of the molecule is CC(C)(CCC(C(=O)OCC1COCCOCCOCCOCCO1)(C(=O)OCC1COCCOCCOCCOCCO1)C(C)(C)N)Sc1ccccc1. The quantitative estimate of drug-likeness (QED) is 0.186. The number of benzene rings is 1. The summed E-state index contributed by atoms with van der Waals surface area (Å²) in [5.74, 6) is -1.62. The molecule has 1 aromatic carbocycles. The second kappa shape index (κ2) is 26.9. The third kappa shape index (κ3) is 18.9. The molecular weight excluding hydrogens is 738 g/mol. The Kier molecular flexibility index (Phi) is 23.2. The van der Waals surface area contributed by atoms with E-state index in [0.717, 1.165) is 4.90 Å². The van der Waals surface area contributed by atoms with Crippen LogP contribution in [0.5, 0.6) is 0 Å². The predicted molar refractivity (Wildman–Crippen MR) is 204 cm³/mol. The van der Waals surface area contributed by atoms with Crippen LogP contribution < -0.4 is 5.73 Å². The summed E-state index contributed by atoms with van der Waals surface area (Å²) in [4.78, 5) is 30.1. The van der Waals surface area contributed by atoms with Crippen LogP contribution in [-0.2, 0) is 66.4 Å². The summed E-state index contributed by atoms with van der Waals surface area (Å²) in [6.45, 7) is 13.2. The zero-order valence-electron chi connectivity index (χ0n) is 33.3. The zero-order chi connectivity index (χ0) is 39.7. The van der Waals surface area contributed by atoms with Crippen molar-refractivity contribution in [2.45, 2.75) is 67.9 Å². The van der Waals surface area contributed by atoms with Gasteiger partial charge in [-0.2, -0.15) is 0 Å². The minimum absolute atomic E-state index is 0.0472. The molecule has 15 nitrogen and oxygen atoms in total. The maximum absolute atomic E-state index is 14.5. The van der Waals surface area contributed by atoms with Crippen molar-refractivity contribution < 1.29 is 66.4 Å². The lowest BCUT2D eigenvalue weighted by atomic mass is 9.67. The van der Waals surface area contributed by atoms with Crippen LogP contribution in [0.25, 0.3) is 0 Å². The highest BCUT2D eigenvalue weighted by atomic mass is 32.2. The summed E-state index contributed by atoms with van der Waals surface area (Å²) in [6, 6.07) is 9.95. The Hall–Kier alpha value is -1.93. The first kappa shape index (κ1) is 47.4. The van der Waals surface area contributed by atoms with E-state index in [1.807, 2.05) is 30.3 Å². The highest BCUT2D eigenvalue weighted by Crippen LogP contribution is 2.44. The van der Waals surface area contributed by atoms with E-state index in [2.05, 4.69) is 13.8 Å². The van der Waals surface area contributed by atoms with Gasteiger partial charge in [0.2, 0.25) is 0 Å². The van der Waals surface area contributed by atoms with Gasteiger partial charge in [0.05, 0.1) is 119 Å². The molecule has 0 bridgehead atoms. The third-order valence-corrected chi connectivity index (χ3v) is 10.1. The van der Waals surface area contributed by atoms with Crippen LogP contribution in [-0.4, -0.2) is 167 Å². The van der Waals surface area contributed by atoms with Crippen molar-refractivity contribution in [2.24, 2.45) is 11.1 Å². The average Bonchev–Trinajstić information content (AvgIpc) is 3.16. The van der Waals surface area contributed by atoms with Gasteiger partial charge in [-0.05, 0) is 38.8 Å². The number of hydrogen-bond acceptors (Lipinski definition) is 16. The first-order valence-electron chi connectivity index (χ1n) is 19.3. The molecule has 16 heteroatoms. The molecule has 2 saturated heterocycles. The molecule has 2 fully saturated rings. The molecule has 0 amide bonds. The van der Waals surface area contributed by atoms with Gasteiger partial charge in [-0.15, -0.1) is 11.8 Å². The molecular formula is C39H65NO14S. The second-order valence-corrected chi connectivity index (χ2v) is 16.1. The molecule has 0 radical (unpaired) electrons. The predicted octanol–water partition coefficient (Wildman–Crippen LogP) is 3.08. The van der Waals surface area contributed by atoms with Crippen molar-refractivity contribution in [3.63, 3.8) is 0 Å². The molecule has 2 unspecified atom stereocenters. The molecule has 0 aliphatic carbocycles. The first-order valence-corrected chi connectivity index (χ1v) is 20.1. The van der Waals surface area contributed by atoms with Crippen molar-refractivity contribution >= 4 is 23.7 Å². The van der Waals surface area contributed by atoms with Gasteiger partial charge in [-0.25, -0.2) is 0 Å². The summed E-state index contributed by atoms with van der Waals surface area (Å²) in [5.41, 5.74) is 3.51. The minimum Gasteiger partial charge on any atom is -0.462 e. The number of carbonyl (C=O) groups excluding carboxylic acids is 2. The number of carbonyl (C=O) groups is 2. The van der Waals surface area contributed by atoms with Crippen molar-refractivity contribution in [3.05, 3.63) is 30.3 Å². The van der Waals surface area contributed by atoms with E-state index < -0.39 is 39.8 Å². The number of rotatable bonds is 12. The van der Waals surface area contributed by atoms with Crippen LogP contribution in [0.15, 0.2) is 35.2 Å². The van der Waals surface area contributed by atoms with Gasteiger partial charge in [-0.1, -0.05) is 32.0 Å². The van der Waals surface area contributed by atoms with E-state index in [9.17, 15) is 9.59 Å². The largest absolute Gasteiger partial charge is 0.462 e. The van der Waals surface area contributed by atoms with E-state index in [1.54, 1.807) is 25.6 Å². The fourth-order valence-electron chi connectivity index (χ4n) is 5.65. The Labute approximate surface area is 331 Å². The molecule has 1 aromatic rings. The Morgan fingerprint density at radius 2 is 0.945 bits per heavy atom. The van der Waals surface area contributed by atoms with E-state index in [-0.39, 0.29) is 46.1 Å². The highest BCUT2D eigenvalue weighted by Gasteiger charge is 2.58. The van der Waals surface area contributed by atoms with Crippen LogP contribution in [0, 0.1) is 5.41 Å². The summed E-state index contributed by atoms with van der Waals surface area (Å²) >= 11 is 1.65. The molecule has 0 saturated carbocycles. The van der Waals surface area contributed by atoms with E-state index in [4.69, 9.17) is 62.6 Å². The first-order chi connectivity index (χ1) is 26.5. The molecule has 55 heavy (non-hydrogen) atoms. The van der Waals surface area contributed by atoms with Crippen molar-refractivity contribution in [1.29, 1.82) is 0 Å². The molecule has 2 aliphatic heterocycles. The molecule has 2 atom stereocenters. The Morgan fingerprint density at radius 1 is 0.582 bits per heavy atom. The second-order valence-electron chi connectivity index (χ2n) is 14.3. The lowest BCUT2D eigenvalue weighted by Crippen LogP contribution is -2.61. The molecule has 2 heterocycles. The minimum atomic E-state index is -1.91. The van der Waals surface area contributed by atoms with Gasteiger partial charge < -0.3 is 62.6 Å². The zero-order valence-corrected chi connectivity index (χ0v) is 34.1. The molecule has 2 aliphatic rings. The van der Waals surface area contributed by atoms with Crippen LogP contribution in [0.3, 0.4) is 0 Å². The van der Waals surface area contributed by atoms with E-state index in [0.29, 0.717) is 98.9 Å². The average molecular weight is 804 g/mol. The number of hydrogen-bond donors (Lipinski definition) is 1. The normalized spacial score (nSPS) is 23.1. The summed E-state index contributed by atoms with van der Waals surface area (Å²) < 4.78 is 68.3. The van der Waals surface area contributed by atoms with Crippen molar-refractivity contribution in [3.8, 4) is 0 Å².